The Bertz CT molecular complexity index is 1610. The Hall–Kier alpha value is -3.93. The molecule has 0 saturated carbocycles. The Labute approximate surface area is 224 Å². The van der Waals surface area contributed by atoms with Gasteiger partial charge in [0.15, 0.2) is 12.4 Å². The summed E-state index contributed by atoms with van der Waals surface area (Å²) in [6.45, 7) is -0.337. The number of hydrogen-bond donors (Lipinski definition) is 1. The molecule has 3 aromatic rings. The average Bonchev–Trinajstić information content (AvgIpc) is 3.25. The zero-order valence-corrected chi connectivity index (χ0v) is 21.2. The van der Waals surface area contributed by atoms with Gasteiger partial charge in [-0.2, -0.15) is 5.26 Å². The van der Waals surface area contributed by atoms with E-state index in [0.717, 1.165) is 23.5 Å². The highest BCUT2D eigenvalue weighted by molar-refractivity contribution is 7.23. The number of nitrogen functional groups attached to an aromatic ring is 1. The lowest BCUT2D eigenvalue weighted by Gasteiger charge is -2.42. The molecule has 5 rings (SSSR count). The van der Waals surface area contributed by atoms with E-state index in [-0.39, 0.29) is 74.4 Å². The number of anilines is 1. The second kappa shape index (κ2) is 10.1. The second-order valence-corrected chi connectivity index (χ2v) is 10.1. The number of carbonyl (C=O) groups is 2. The number of nitrogens with two attached hydrogens (primary N) is 1. The van der Waals surface area contributed by atoms with E-state index in [0.29, 0.717) is 6.42 Å². The van der Waals surface area contributed by atoms with Crippen molar-refractivity contribution in [3.63, 3.8) is 0 Å². The van der Waals surface area contributed by atoms with Crippen LogP contribution in [0.4, 0.5) is 18.2 Å². The molecule has 1 saturated heterocycles. The molecule has 1 atom stereocenters. The fourth-order valence-corrected chi connectivity index (χ4v) is 6.15. The number of thiophene rings is 1. The topological polar surface area (TPSA) is 99.7 Å². The van der Waals surface area contributed by atoms with Crippen LogP contribution in [0.15, 0.2) is 18.2 Å². The van der Waals surface area contributed by atoms with Crippen molar-refractivity contribution in [1.82, 2.24) is 9.80 Å². The summed E-state index contributed by atoms with van der Waals surface area (Å²) in [5.74, 6) is 1.76. The molecule has 1 aromatic heterocycles. The van der Waals surface area contributed by atoms with E-state index in [1.54, 1.807) is 0 Å². The number of amides is 2. The first-order chi connectivity index (χ1) is 18.3. The van der Waals surface area contributed by atoms with Crippen LogP contribution in [0, 0.1) is 34.8 Å². The molecule has 0 aliphatic carbocycles. The van der Waals surface area contributed by atoms with Gasteiger partial charge in [-0.1, -0.05) is 23.6 Å². The second-order valence-electron chi connectivity index (χ2n) is 8.65. The average molecular weight is 559 g/mol. The number of nitriles is 1. The Morgan fingerprint density at radius 1 is 1.26 bits per heavy atom. The standard InChI is InChI=1S/C26H18ClF3N4O3S/c27-22-21(14-3-4-17(29)24-20(14)16(11-31)25(32)38-24)18(30)10-15-23(22)37-9-5-13-12-33(19(35)2-1-6-28)7-8-34(13)26(15)36/h3-4,10,13H,5-9,12,32H2/t13-/m0/s1. The lowest BCUT2D eigenvalue weighted by Crippen LogP contribution is -2.57. The van der Waals surface area contributed by atoms with Gasteiger partial charge < -0.3 is 20.3 Å². The maximum atomic E-state index is 15.7. The van der Waals surface area contributed by atoms with Crippen LogP contribution in [0.25, 0.3) is 21.2 Å². The maximum absolute atomic E-state index is 15.7. The first kappa shape index (κ1) is 25.7. The molecular formula is C26H18ClF3N4O3S. The Balaban J connectivity index is 1.57. The summed E-state index contributed by atoms with van der Waals surface area (Å²) < 4.78 is 48.5. The van der Waals surface area contributed by atoms with Crippen LogP contribution in [-0.4, -0.2) is 60.6 Å². The molecule has 0 bridgehead atoms. The van der Waals surface area contributed by atoms with Crippen LogP contribution < -0.4 is 10.5 Å². The molecule has 194 valence electrons. The molecule has 1 fully saturated rings. The Kier molecular flexibility index (Phi) is 6.82. The van der Waals surface area contributed by atoms with Crippen LogP contribution in [-0.2, 0) is 4.79 Å². The van der Waals surface area contributed by atoms with Gasteiger partial charge in [-0.3, -0.25) is 9.59 Å². The minimum absolute atomic E-state index is 0.00479. The van der Waals surface area contributed by atoms with Crippen LogP contribution in [0.2, 0.25) is 5.02 Å². The van der Waals surface area contributed by atoms with E-state index in [9.17, 15) is 23.6 Å². The summed E-state index contributed by atoms with van der Waals surface area (Å²) in [6, 6.07) is 4.98. The van der Waals surface area contributed by atoms with Gasteiger partial charge in [0.25, 0.3) is 11.8 Å². The summed E-state index contributed by atoms with van der Waals surface area (Å²) in [6.07, 6.45) is 0.342. The lowest BCUT2D eigenvalue weighted by atomic mass is 9.95. The van der Waals surface area contributed by atoms with Crippen molar-refractivity contribution in [2.45, 2.75) is 12.5 Å². The number of alkyl halides is 1. The highest BCUT2D eigenvalue weighted by atomic mass is 35.5. The van der Waals surface area contributed by atoms with Gasteiger partial charge in [0.05, 0.1) is 33.5 Å². The van der Waals surface area contributed by atoms with Crippen molar-refractivity contribution >= 4 is 49.8 Å². The van der Waals surface area contributed by atoms with Crippen molar-refractivity contribution in [1.29, 1.82) is 5.26 Å². The van der Waals surface area contributed by atoms with Crippen LogP contribution in [0.3, 0.4) is 0 Å². The molecule has 12 heteroatoms. The molecular weight excluding hydrogens is 541 g/mol. The molecule has 0 unspecified atom stereocenters. The SMILES string of the molecule is N#Cc1c(N)sc2c(F)ccc(-c3c(F)cc4c(c3Cl)OCC[C@H]3CN(C(=O)C#CCF)CCN3C4=O)c12. The minimum Gasteiger partial charge on any atom is -0.491 e. The zero-order chi connectivity index (χ0) is 27.1. The highest BCUT2D eigenvalue weighted by Crippen LogP contribution is 2.47. The van der Waals surface area contributed by atoms with Gasteiger partial charge in [-0.25, -0.2) is 13.2 Å². The number of fused-ring (bicyclic) bond motifs is 3. The summed E-state index contributed by atoms with van der Waals surface area (Å²) >= 11 is 7.52. The molecule has 2 aliphatic rings. The molecule has 2 aliphatic heterocycles. The van der Waals surface area contributed by atoms with Gasteiger partial charge in [0.2, 0.25) is 0 Å². The van der Waals surface area contributed by atoms with E-state index in [2.05, 4.69) is 11.8 Å². The van der Waals surface area contributed by atoms with Gasteiger partial charge in [-0.15, -0.1) is 11.3 Å². The number of rotatable bonds is 1. The Morgan fingerprint density at radius 2 is 2.05 bits per heavy atom. The van der Waals surface area contributed by atoms with Crippen LogP contribution in [0.1, 0.15) is 22.3 Å². The number of ether oxygens (including phenoxy) is 1. The number of halogens is 4. The number of carbonyl (C=O) groups excluding carboxylic acids is 2. The van der Waals surface area contributed by atoms with E-state index in [1.165, 1.54) is 15.9 Å². The van der Waals surface area contributed by atoms with Gasteiger partial charge >= 0.3 is 0 Å². The third-order valence-corrected chi connectivity index (χ3v) is 7.98. The van der Waals surface area contributed by atoms with E-state index < -0.39 is 36.2 Å². The summed E-state index contributed by atoms with van der Waals surface area (Å²) in [4.78, 5) is 28.7. The van der Waals surface area contributed by atoms with E-state index >= 15 is 4.39 Å². The summed E-state index contributed by atoms with van der Waals surface area (Å²) in [5, 5.41) is 9.63. The van der Waals surface area contributed by atoms with E-state index in [1.807, 2.05) is 6.07 Å². The highest BCUT2D eigenvalue weighted by Gasteiger charge is 2.37. The monoisotopic (exact) mass is 558 g/mol. The van der Waals surface area contributed by atoms with Crippen molar-refractivity contribution in [3.05, 3.63) is 46.0 Å². The molecule has 0 radical (unpaired) electrons. The number of piperazine rings is 1. The largest absolute Gasteiger partial charge is 0.491 e. The number of nitrogens with zero attached hydrogens (tertiary/aromatic N) is 3. The Morgan fingerprint density at radius 3 is 2.79 bits per heavy atom. The van der Waals surface area contributed by atoms with Crippen LogP contribution >= 0.6 is 22.9 Å². The van der Waals surface area contributed by atoms with E-state index in [4.69, 9.17) is 22.1 Å². The van der Waals surface area contributed by atoms with Crippen molar-refractivity contribution in [2.75, 3.05) is 38.6 Å². The number of benzene rings is 2. The quantitative estimate of drug-likeness (QED) is 0.447. The molecule has 2 amide bonds. The van der Waals surface area contributed by atoms with Crippen molar-refractivity contribution < 1.29 is 27.5 Å². The molecule has 0 spiro atoms. The molecule has 3 heterocycles. The maximum Gasteiger partial charge on any atom is 0.298 e. The smallest absolute Gasteiger partial charge is 0.298 e. The van der Waals surface area contributed by atoms with Crippen molar-refractivity contribution in [3.8, 4) is 34.8 Å². The minimum atomic E-state index is -0.937. The zero-order valence-electron chi connectivity index (χ0n) is 19.6. The normalized spacial score (nSPS) is 16.9. The third kappa shape index (κ3) is 4.18. The van der Waals surface area contributed by atoms with Gasteiger partial charge in [0, 0.05) is 37.0 Å². The van der Waals surface area contributed by atoms with Crippen molar-refractivity contribution in [2.24, 2.45) is 0 Å². The predicted molar refractivity (Wildman–Crippen MR) is 137 cm³/mol. The third-order valence-electron chi connectivity index (χ3n) is 6.59. The first-order valence-electron chi connectivity index (χ1n) is 11.5. The fourth-order valence-electron chi connectivity index (χ4n) is 4.85. The molecule has 2 N–H and O–H groups in total. The lowest BCUT2D eigenvalue weighted by molar-refractivity contribution is -0.127. The molecule has 38 heavy (non-hydrogen) atoms. The first-order valence-corrected chi connectivity index (χ1v) is 12.7. The molecule has 7 nitrogen and oxygen atoms in total. The summed E-state index contributed by atoms with van der Waals surface area (Å²) in [5.41, 5.74) is 5.83. The van der Waals surface area contributed by atoms with Gasteiger partial charge in [-0.05, 0) is 23.6 Å². The molecule has 2 aromatic carbocycles. The fraction of sp³-hybridized carbons (Fsp3) is 0.269. The predicted octanol–water partition coefficient (Wildman–Crippen LogP) is 4.36. The van der Waals surface area contributed by atoms with Gasteiger partial charge in [0.1, 0.15) is 22.7 Å². The summed E-state index contributed by atoms with van der Waals surface area (Å²) in [7, 11) is 0. The van der Waals surface area contributed by atoms with Crippen LogP contribution in [0.5, 0.6) is 5.75 Å². The number of hydrogen-bond acceptors (Lipinski definition) is 6.